The molecule has 1 heterocycles. The first-order chi connectivity index (χ1) is 8.99. The summed E-state index contributed by atoms with van der Waals surface area (Å²) in [6, 6.07) is 0.198. The Morgan fingerprint density at radius 3 is 2.74 bits per heavy atom. The van der Waals surface area contributed by atoms with Crippen molar-refractivity contribution in [2.24, 2.45) is 0 Å². The van der Waals surface area contributed by atoms with Gasteiger partial charge < -0.3 is 10.1 Å². The molecule has 0 aromatic carbocycles. The summed E-state index contributed by atoms with van der Waals surface area (Å²) in [5.41, 5.74) is 0. The Balaban J connectivity index is 2.67. The number of carbonyl (C=O) groups excluding carboxylic acids is 1. The molecule has 0 aromatic heterocycles. The molecule has 1 N–H and O–H groups in total. The minimum Gasteiger partial charge on any atom is -0.468 e. The van der Waals surface area contributed by atoms with Crippen molar-refractivity contribution in [1.82, 2.24) is 9.62 Å². The monoisotopic (exact) mass is 292 g/mol. The molecule has 0 amide bonds. The molecule has 1 atom stereocenters. The van der Waals surface area contributed by atoms with E-state index in [4.69, 9.17) is 0 Å². The lowest BCUT2D eigenvalue weighted by molar-refractivity contribution is -0.137. The molecule has 7 heteroatoms. The molecule has 0 spiro atoms. The van der Waals surface area contributed by atoms with Gasteiger partial charge in [-0.2, -0.15) is 4.31 Å². The number of carbonyl (C=O) groups is 1. The molecule has 1 fully saturated rings. The Bertz CT molecular complexity index is 377. The average Bonchev–Trinajstić information content (AvgIpc) is 2.86. The number of nitrogens with one attached hydrogen (secondary N) is 1. The first-order valence-electron chi connectivity index (χ1n) is 6.77. The van der Waals surface area contributed by atoms with E-state index >= 15 is 0 Å². The number of ether oxygens (including phenoxy) is 1. The molecular formula is C12H24N2O4S. The van der Waals surface area contributed by atoms with Crippen LogP contribution in [-0.2, 0) is 19.6 Å². The van der Waals surface area contributed by atoms with Crippen molar-refractivity contribution in [3.05, 3.63) is 0 Å². The van der Waals surface area contributed by atoms with E-state index in [2.05, 4.69) is 10.1 Å². The van der Waals surface area contributed by atoms with Gasteiger partial charge in [0.1, 0.15) is 0 Å². The van der Waals surface area contributed by atoms with Gasteiger partial charge in [0.15, 0.2) is 5.75 Å². The second-order valence-electron chi connectivity index (χ2n) is 4.84. The first-order valence-corrected chi connectivity index (χ1v) is 8.38. The summed E-state index contributed by atoms with van der Waals surface area (Å²) >= 11 is 0. The number of hydrogen-bond acceptors (Lipinski definition) is 5. The molecule has 1 aliphatic rings. The summed E-state index contributed by atoms with van der Waals surface area (Å²) < 4.78 is 30.3. The van der Waals surface area contributed by atoms with E-state index in [1.165, 1.54) is 11.4 Å². The predicted octanol–water partition coefficient (Wildman–Crippen LogP) is 0.343. The maximum Gasteiger partial charge on any atom is 0.322 e. The molecular weight excluding hydrogens is 268 g/mol. The van der Waals surface area contributed by atoms with E-state index < -0.39 is 21.7 Å². The highest BCUT2D eigenvalue weighted by atomic mass is 32.2. The van der Waals surface area contributed by atoms with Crippen LogP contribution in [0.3, 0.4) is 0 Å². The number of methoxy groups -OCH3 is 1. The summed E-state index contributed by atoms with van der Waals surface area (Å²) in [6.45, 7) is 3.86. The predicted molar refractivity (Wildman–Crippen MR) is 73.3 cm³/mol. The molecule has 1 saturated heterocycles. The van der Waals surface area contributed by atoms with Gasteiger partial charge in [0, 0.05) is 19.1 Å². The second kappa shape index (κ2) is 7.81. The Morgan fingerprint density at radius 1 is 1.47 bits per heavy atom. The SMILES string of the molecule is CCCCN(CC1CCCN1)S(=O)(=O)CC(=O)OC. The molecule has 6 nitrogen and oxygen atoms in total. The standard InChI is InChI=1S/C12H24N2O4S/c1-3-4-8-14(9-11-6-5-7-13-11)19(16,17)10-12(15)18-2/h11,13H,3-10H2,1-2H3. The number of hydrogen-bond donors (Lipinski definition) is 1. The molecule has 1 rings (SSSR count). The van der Waals surface area contributed by atoms with Crippen molar-refractivity contribution in [1.29, 1.82) is 0 Å². The zero-order valence-corrected chi connectivity index (χ0v) is 12.5. The van der Waals surface area contributed by atoms with Crippen molar-refractivity contribution < 1.29 is 17.9 Å². The number of unbranched alkanes of at least 4 members (excludes halogenated alkanes) is 1. The van der Waals surface area contributed by atoms with E-state index in [1.54, 1.807) is 0 Å². The van der Waals surface area contributed by atoms with E-state index in [-0.39, 0.29) is 6.04 Å². The fourth-order valence-electron chi connectivity index (χ4n) is 2.14. The van der Waals surface area contributed by atoms with Crippen molar-refractivity contribution in [3.63, 3.8) is 0 Å². The van der Waals surface area contributed by atoms with Crippen LogP contribution in [0.4, 0.5) is 0 Å². The highest BCUT2D eigenvalue weighted by Crippen LogP contribution is 2.12. The molecule has 0 aromatic rings. The molecule has 0 saturated carbocycles. The highest BCUT2D eigenvalue weighted by Gasteiger charge is 2.28. The third-order valence-electron chi connectivity index (χ3n) is 3.27. The van der Waals surface area contributed by atoms with Crippen molar-refractivity contribution in [2.45, 2.75) is 38.6 Å². The van der Waals surface area contributed by atoms with E-state index in [9.17, 15) is 13.2 Å². The number of rotatable bonds is 8. The van der Waals surface area contributed by atoms with Gasteiger partial charge in [0.05, 0.1) is 7.11 Å². The van der Waals surface area contributed by atoms with Gasteiger partial charge in [-0.15, -0.1) is 0 Å². The highest BCUT2D eigenvalue weighted by molar-refractivity contribution is 7.89. The fourth-order valence-corrected chi connectivity index (χ4v) is 3.55. The molecule has 1 unspecified atom stereocenters. The molecule has 1 aliphatic heterocycles. The smallest absolute Gasteiger partial charge is 0.322 e. The van der Waals surface area contributed by atoms with Crippen LogP contribution in [-0.4, -0.2) is 57.2 Å². The van der Waals surface area contributed by atoms with Gasteiger partial charge in [-0.25, -0.2) is 8.42 Å². The lowest BCUT2D eigenvalue weighted by Gasteiger charge is -2.24. The zero-order valence-electron chi connectivity index (χ0n) is 11.7. The zero-order chi connectivity index (χ0) is 14.3. The molecule has 112 valence electrons. The number of nitrogens with zero attached hydrogens (tertiary/aromatic N) is 1. The average molecular weight is 292 g/mol. The van der Waals surface area contributed by atoms with Gasteiger partial charge in [-0.3, -0.25) is 4.79 Å². The van der Waals surface area contributed by atoms with Crippen LogP contribution in [0.15, 0.2) is 0 Å². The fraction of sp³-hybridized carbons (Fsp3) is 0.917. The summed E-state index contributed by atoms with van der Waals surface area (Å²) in [5, 5.41) is 3.28. The van der Waals surface area contributed by atoms with Gasteiger partial charge in [-0.05, 0) is 25.8 Å². The van der Waals surface area contributed by atoms with Crippen LogP contribution in [0.2, 0.25) is 0 Å². The molecule has 0 radical (unpaired) electrons. The van der Waals surface area contributed by atoms with Crippen molar-refractivity contribution >= 4 is 16.0 Å². The number of sulfonamides is 1. The van der Waals surface area contributed by atoms with Crippen LogP contribution >= 0.6 is 0 Å². The molecule has 0 aliphatic carbocycles. The Kier molecular flexibility index (Phi) is 6.74. The Morgan fingerprint density at radius 2 is 2.21 bits per heavy atom. The van der Waals surface area contributed by atoms with Gasteiger partial charge in [-0.1, -0.05) is 13.3 Å². The summed E-state index contributed by atoms with van der Waals surface area (Å²) in [4.78, 5) is 11.2. The lowest BCUT2D eigenvalue weighted by Crippen LogP contribution is -2.43. The van der Waals surface area contributed by atoms with Crippen molar-refractivity contribution in [3.8, 4) is 0 Å². The van der Waals surface area contributed by atoms with Gasteiger partial charge in [0.2, 0.25) is 10.0 Å². The molecule has 0 bridgehead atoms. The van der Waals surface area contributed by atoms with E-state index in [0.717, 1.165) is 32.2 Å². The minimum atomic E-state index is -3.57. The quantitative estimate of drug-likeness (QED) is 0.653. The van der Waals surface area contributed by atoms with E-state index in [0.29, 0.717) is 13.1 Å². The van der Waals surface area contributed by atoms with Crippen LogP contribution in [0.5, 0.6) is 0 Å². The van der Waals surface area contributed by atoms with Crippen molar-refractivity contribution in [2.75, 3.05) is 32.5 Å². The van der Waals surface area contributed by atoms with Crippen LogP contribution in [0.1, 0.15) is 32.6 Å². The first kappa shape index (κ1) is 16.4. The second-order valence-corrected chi connectivity index (χ2v) is 6.81. The summed E-state index contributed by atoms with van der Waals surface area (Å²) in [5.74, 6) is -1.28. The normalized spacial score (nSPS) is 19.8. The summed E-state index contributed by atoms with van der Waals surface area (Å²) in [6.07, 6.45) is 3.77. The Hall–Kier alpha value is -0.660. The molecule has 19 heavy (non-hydrogen) atoms. The largest absolute Gasteiger partial charge is 0.468 e. The topological polar surface area (TPSA) is 75.7 Å². The third kappa shape index (κ3) is 5.46. The number of esters is 1. The summed E-state index contributed by atoms with van der Waals surface area (Å²) in [7, 11) is -2.37. The van der Waals surface area contributed by atoms with Gasteiger partial charge in [0.25, 0.3) is 0 Å². The van der Waals surface area contributed by atoms with Gasteiger partial charge >= 0.3 is 5.97 Å². The van der Waals surface area contributed by atoms with Crippen LogP contribution < -0.4 is 5.32 Å². The maximum atomic E-state index is 12.2. The third-order valence-corrected chi connectivity index (χ3v) is 4.99. The van der Waals surface area contributed by atoms with E-state index in [1.807, 2.05) is 6.92 Å². The van der Waals surface area contributed by atoms with Crippen LogP contribution in [0.25, 0.3) is 0 Å². The Labute approximate surface area is 115 Å². The lowest BCUT2D eigenvalue weighted by atomic mass is 10.2. The minimum absolute atomic E-state index is 0.198. The maximum absolute atomic E-state index is 12.2. The van der Waals surface area contributed by atoms with Crippen LogP contribution in [0, 0.1) is 0 Å².